The highest BCUT2D eigenvalue weighted by Crippen LogP contribution is 2.42. The third-order valence-corrected chi connectivity index (χ3v) is 7.93. The van der Waals surface area contributed by atoms with Gasteiger partial charge < -0.3 is 5.11 Å². The van der Waals surface area contributed by atoms with Crippen molar-refractivity contribution in [3.63, 3.8) is 0 Å². The Balaban J connectivity index is 3.26. The van der Waals surface area contributed by atoms with Gasteiger partial charge in [-0.1, -0.05) is 59.6 Å². The topological polar surface area (TPSA) is 54.4 Å². The second-order valence-electron chi connectivity index (χ2n) is 4.36. The molecule has 1 aromatic rings. The monoisotopic (exact) mass is 334 g/mol. The molecule has 0 radical (unpaired) electrons. The molecule has 0 saturated carbocycles. The average molecular weight is 335 g/mol. The summed E-state index contributed by atoms with van der Waals surface area (Å²) >= 11 is 3.25. The zero-order chi connectivity index (χ0) is 14.0. The summed E-state index contributed by atoms with van der Waals surface area (Å²) in [7, 11) is -3.40. The number of aliphatic hydroxyl groups excluding tert-OH is 1. The van der Waals surface area contributed by atoms with E-state index < -0.39 is 19.6 Å². The Kier molecular flexibility index (Phi) is 4.98. The standard InChI is InChI=1S/C13H19BrO3S/c1-4-13(14,18(16,17)5-2)12(15)11-8-6-7-10(3)9-11/h6-9,12,15H,4-5H2,1-3H3. The summed E-state index contributed by atoms with van der Waals surface area (Å²) in [6, 6.07) is 7.28. The first-order valence-electron chi connectivity index (χ1n) is 5.94. The molecule has 5 heteroatoms. The Labute approximate surface area is 117 Å². The number of aliphatic hydroxyl groups is 1. The maximum Gasteiger partial charge on any atom is 0.168 e. The molecule has 0 heterocycles. The van der Waals surface area contributed by atoms with Crippen molar-refractivity contribution in [2.45, 2.75) is 37.0 Å². The van der Waals surface area contributed by atoms with Crippen molar-refractivity contribution in [3.8, 4) is 0 Å². The molecule has 18 heavy (non-hydrogen) atoms. The maximum absolute atomic E-state index is 12.1. The van der Waals surface area contributed by atoms with Gasteiger partial charge in [0.2, 0.25) is 0 Å². The molecule has 2 unspecified atom stereocenters. The molecule has 3 nitrogen and oxygen atoms in total. The number of hydrogen-bond donors (Lipinski definition) is 1. The first-order valence-corrected chi connectivity index (χ1v) is 8.39. The zero-order valence-corrected chi connectivity index (χ0v) is 13.3. The van der Waals surface area contributed by atoms with Crippen molar-refractivity contribution in [1.82, 2.24) is 0 Å². The van der Waals surface area contributed by atoms with E-state index in [9.17, 15) is 13.5 Å². The smallest absolute Gasteiger partial charge is 0.168 e. The molecule has 1 rings (SSSR count). The minimum absolute atomic E-state index is 0.00499. The predicted octanol–water partition coefficient (Wildman–Crippen LogP) is 2.96. The van der Waals surface area contributed by atoms with Gasteiger partial charge in [0, 0.05) is 5.75 Å². The van der Waals surface area contributed by atoms with Crippen LogP contribution in [0.5, 0.6) is 0 Å². The van der Waals surface area contributed by atoms with Gasteiger partial charge in [0.25, 0.3) is 0 Å². The van der Waals surface area contributed by atoms with Gasteiger partial charge in [-0.15, -0.1) is 0 Å². The van der Waals surface area contributed by atoms with Gasteiger partial charge in [0.15, 0.2) is 13.5 Å². The number of hydrogen-bond acceptors (Lipinski definition) is 3. The molecule has 0 aromatic heterocycles. The molecule has 0 aliphatic rings. The number of rotatable bonds is 5. The highest BCUT2D eigenvalue weighted by Gasteiger charge is 2.45. The lowest BCUT2D eigenvalue weighted by molar-refractivity contribution is 0.160. The van der Waals surface area contributed by atoms with Gasteiger partial charge in [-0.25, -0.2) is 8.42 Å². The van der Waals surface area contributed by atoms with Crippen LogP contribution in [0.4, 0.5) is 0 Å². The van der Waals surface area contributed by atoms with E-state index in [1.54, 1.807) is 19.9 Å². The Morgan fingerprint density at radius 2 is 2.00 bits per heavy atom. The van der Waals surface area contributed by atoms with Crippen LogP contribution in [-0.4, -0.2) is 22.9 Å². The zero-order valence-electron chi connectivity index (χ0n) is 10.9. The van der Waals surface area contributed by atoms with Crippen LogP contribution in [0.3, 0.4) is 0 Å². The molecule has 1 N–H and O–H groups in total. The van der Waals surface area contributed by atoms with Gasteiger partial charge in [0.05, 0.1) is 0 Å². The van der Waals surface area contributed by atoms with Crippen molar-refractivity contribution in [3.05, 3.63) is 35.4 Å². The molecule has 0 amide bonds. The van der Waals surface area contributed by atoms with E-state index in [1.165, 1.54) is 0 Å². The fourth-order valence-corrected chi connectivity index (χ4v) is 4.26. The summed E-state index contributed by atoms with van der Waals surface area (Å²) < 4.78 is 23.0. The van der Waals surface area contributed by atoms with E-state index in [0.717, 1.165) is 5.56 Å². The Morgan fingerprint density at radius 3 is 2.44 bits per heavy atom. The van der Waals surface area contributed by atoms with E-state index in [1.807, 2.05) is 25.1 Å². The highest BCUT2D eigenvalue weighted by molar-refractivity contribution is 9.11. The van der Waals surface area contributed by atoms with E-state index in [2.05, 4.69) is 15.9 Å². The average Bonchev–Trinajstić information content (AvgIpc) is 2.36. The Bertz CT molecular complexity index is 513. The van der Waals surface area contributed by atoms with Crippen LogP contribution in [0.2, 0.25) is 0 Å². The van der Waals surface area contributed by atoms with Crippen molar-refractivity contribution in [1.29, 1.82) is 0 Å². The van der Waals surface area contributed by atoms with E-state index in [0.29, 0.717) is 12.0 Å². The largest absolute Gasteiger partial charge is 0.386 e. The lowest BCUT2D eigenvalue weighted by Crippen LogP contribution is -2.39. The van der Waals surface area contributed by atoms with E-state index >= 15 is 0 Å². The quantitative estimate of drug-likeness (QED) is 0.842. The lowest BCUT2D eigenvalue weighted by atomic mass is 10.0. The van der Waals surface area contributed by atoms with Gasteiger partial charge in [-0.2, -0.15) is 0 Å². The molecular weight excluding hydrogens is 316 g/mol. The third kappa shape index (κ3) is 2.78. The fourth-order valence-electron chi connectivity index (χ4n) is 1.91. The van der Waals surface area contributed by atoms with Gasteiger partial charge >= 0.3 is 0 Å². The molecular formula is C13H19BrO3S. The summed E-state index contributed by atoms with van der Waals surface area (Å²) in [5.41, 5.74) is 1.61. The first-order chi connectivity index (χ1) is 8.28. The summed E-state index contributed by atoms with van der Waals surface area (Å²) in [5, 5.41) is 10.4. The molecule has 0 saturated heterocycles. The Morgan fingerprint density at radius 1 is 1.39 bits per heavy atom. The van der Waals surface area contributed by atoms with Gasteiger partial charge in [-0.05, 0) is 18.9 Å². The lowest BCUT2D eigenvalue weighted by Gasteiger charge is -2.31. The normalized spacial score (nSPS) is 17.2. The number of aryl methyl sites for hydroxylation is 1. The van der Waals surface area contributed by atoms with Crippen molar-refractivity contribution in [2.24, 2.45) is 0 Å². The van der Waals surface area contributed by atoms with Crippen molar-refractivity contribution < 1.29 is 13.5 Å². The Hall–Kier alpha value is -0.390. The second kappa shape index (κ2) is 5.72. The van der Waals surface area contributed by atoms with Crippen molar-refractivity contribution in [2.75, 3.05) is 5.75 Å². The van der Waals surface area contributed by atoms with Crippen LogP contribution in [0.15, 0.2) is 24.3 Å². The fraction of sp³-hybridized carbons (Fsp3) is 0.538. The van der Waals surface area contributed by atoms with Crippen LogP contribution in [-0.2, 0) is 9.84 Å². The second-order valence-corrected chi connectivity index (χ2v) is 8.84. The number of halogens is 1. The van der Waals surface area contributed by atoms with Crippen LogP contribution < -0.4 is 0 Å². The van der Waals surface area contributed by atoms with Crippen molar-refractivity contribution >= 4 is 25.8 Å². The molecule has 0 spiro atoms. The summed E-state index contributed by atoms with van der Waals surface area (Å²) in [6.07, 6.45) is -0.773. The number of benzene rings is 1. The molecule has 0 aliphatic heterocycles. The molecule has 0 bridgehead atoms. The van der Waals surface area contributed by atoms with Crippen LogP contribution in [0.25, 0.3) is 0 Å². The third-order valence-electron chi connectivity index (χ3n) is 3.15. The summed E-state index contributed by atoms with van der Waals surface area (Å²) in [4.78, 5) is 0. The van der Waals surface area contributed by atoms with Crippen LogP contribution >= 0.6 is 15.9 Å². The number of sulfone groups is 1. The molecule has 2 atom stereocenters. The van der Waals surface area contributed by atoms with Crippen LogP contribution in [0, 0.1) is 6.92 Å². The minimum atomic E-state index is -3.40. The summed E-state index contributed by atoms with van der Waals surface area (Å²) in [6.45, 7) is 5.25. The molecule has 0 fully saturated rings. The van der Waals surface area contributed by atoms with Crippen LogP contribution in [0.1, 0.15) is 37.5 Å². The minimum Gasteiger partial charge on any atom is -0.386 e. The van der Waals surface area contributed by atoms with E-state index in [-0.39, 0.29) is 5.75 Å². The molecule has 102 valence electrons. The summed E-state index contributed by atoms with van der Waals surface area (Å²) in [5.74, 6) is -0.00499. The number of alkyl halides is 1. The van der Waals surface area contributed by atoms with E-state index in [4.69, 9.17) is 0 Å². The molecule has 0 aliphatic carbocycles. The predicted molar refractivity (Wildman–Crippen MR) is 77.5 cm³/mol. The maximum atomic E-state index is 12.1. The highest BCUT2D eigenvalue weighted by atomic mass is 79.9. The SMILES string of the molecule is CCC(Br)(C(O)c1cccc(C)c1)S(=O)(=O)CC. The first kappa shape index (κ1) is 15.7. The molecule has 1 aromatic carbocycles. The van der Waals surface area contributed by atoms with Gasteiger partial charge in [-0.3, -0.25) is 0 Å². The van der Waals surface area contributed by atoms with Gasteiger partial charge in [0.1, 0.15) is 6.10 Å².